The predicted octanol–water partition coefficient (Wildman–Crippen LogP) is 2.06. The third-order valence-corrected chi connectivity index (χ3v) is 5.45. The minimum atomic E-state index is -0.228. The maximum absolute atomic E-state index is 13.3. The van der Waals surface area contributed by atoms with Crippen molar-refractivity contribution >= 4 is 17.0 Å². The monoisotopic (exact) mass is 470 g/mol. The van der Waals surface area contributed by atoms with Crippen molar-refractivity contribution in [2.24, 2.45) is 0 Å². The number of rotatable bonds is 14. The van der Waals surface area contributed by atoms with Crippen molar-refractivity contribution in [3.05, 3.63) is 40.9 Å². The van der Waals surface area contributed by atoms with E-state index in [-0.39, 0.29) is 24.0 Å². The fraction of sp³-hybridized carbons (Fsp3) is 0.500. The zero-order chi connectivity index (χ0) is 24.3. The van der Waals surface area contributed by atoms with Crippen LogP contribution in [0, 0.1) is 0 Å². The number of aromatic nitrogens is 4. The number of hydrogen-bond donors (Lipinski definition) is 3. The van der Waals surface area contributed by atoms with Gasteiger partial charge in [0.25, 0.3) is 5.56 Å². The Morgan fingerprint density at radius 1 is 1.12 bits per heavy atom. The van der Waals surface area contributed by atoms with Gasteiger partial charge in [0.15, 0.2) is 11.5 Å². The van der Waals surface area contributed by atoms with Crippen LogP contribution in [0.3, 0.4) is 0 Å². The van der Waals surface area contributed by atoms with Crippen LogP contribution >= 0.6 is 0 Å². The highest BCUT2D eigenvalue weighted by molar-refractivity contribution is 5.78. The van der Waals surface area contributed by atoms with Crippen LogP contribution in [0.5, 0.6) is 5.88 Å². The second-order valence-corrected chi connectivity index (χ2v) is 7.85. The number of nitrogens with zero attached hydrogens (tertiary/aromatic N) is 4. The number of ether oxygens (including phenoxy) is 2. The average molecular weight is 471 g/mol. The van der Waals surface area contributed by atoms with E-state index >= 15 is 0 Å². The molecule has 3 heterocycles. The molecule has 10 nitrogen and oxygen atoms in total. The summed E-state index contributed by atoms with van der Waals surface area (Å²) in [6.45, 7) is 6.65. The van der Waals surface area contributed by atoms with Crippen LogP contribution in [0.2, 0.25) is 0 Å². The van der Waals surface area contributed by atoms with Crippen LogP contribution in [0.25, 0.3) is 22.3 Å². The Kier molecular flexibility index (Phi) is 9.75. The molecule has 1 atom stereocenters. The molecule has 0 aliphatic rings. The zero-order valence-corrected chi connectivity index (χ0v) is 20.1. The van der Waals surface area contributed by atoms with Gasteiger partial charge < -0.3 is 25.2 Å². The van der Waals surface area contributed by atoms with Crippen LogP contribution in [0.4, 0.5) is 5.82 Å². The van der Waals surface area contributed by atoms with Gasteiger partial charge in [-0.15, -0.1) is 0 Å². The molecule has 0 aliphatic heterocycles. The van der Waals surface area contributed by atoms with E-state index in [2.05, 4.69) is 25.6 Å². The van der Waals surface area contributed by atoms with Gasteiger partial charge >= 0.3 is 0 Å². The number of hydrogen-bond acceptors (Lipinski definition) is 9. The first kappa shape index (κ1) is 25.5. The van der Waals surface area contributed by atoms with Crippen LogP contribution in [-0.2, 0) is 11.3 Å². The number of aliphatic hydroxyl groups excluding tert-OH is 1. The standard InChI is InChI=1S/C24H34N6O4/c1-4-11-34-12-10-30-20-13-18(17-6-7-21(33-3)27-14-17)15-28-22(20)29-23(24(30)32)26-9-8-25-19(5-2)16-31/h6-7,13-15,19,25,31H,4-5,8-12,16H2,1-3H3,(H,26,28,29)/t19-/m1/s1. The molecule has 34 heavy (non-hydrogen) atoms. The van der Waals surface area contributed by atoms with Crippen LogP contribution < -0.4 is 20.9 Å². The number of anilines is 1. The molecule has 0 unspecified atom stereocenters. The maximum Gasteiger partial charge on any atom is 0.293 e. The van der Waals surface area contributed by atoms with E-state index in [1.807, 2.05) is 26.0 Å². The molecular formula is C24H34N6O4. The van der Waals surface area contributed by atoms with Crippen molar-refractivity contribution < 1.29 is 14.6 Å². The Hall–Kier alpha value is -3.08. The largest absolute Gasteiger partial charge is 0.481 e. The first-order valence-electron chi connectivity index (χ1n) is 11.7. The summed E-state index contributed by atoms with van der Waals surface area (Å²) >= 11 is 0. The van der Waals surface area contributed by atoms with Crippen molar-refractivity contribution in [3.63, 3.8) is 0 Å². The smallest absolute Gasteiger partial charge is 0.293 e. The second-order valence-electron chi connectivity index (χ2n) is 7.85. The van der Waals surface area contributed by atoms with Crippen molar-refractivity contribution in [2.45, 2.75) is 39.3 Å². The Bertz CT molecular complexity index is 1100. The number of pyridine rings is 2. The molecule has 0 aromatic carbocycles. The number of methoxy groups -OCH3 is 1. The summed E-state index contributed by atoms with van der Waals surface area (Å²) in [6, 6.07) is 5.61. The van der Waals surface area contributed by atoms with Gasteiger partial charge in [0.1, 0.15) is 0 Å². The Labute approximate surface area is 199 Å². The van der Waals surface area contributed by atoms with Crippen molar-refractivity contribution in [2.75, 3.05) is 45.3 Å². The SMILES string of the molecule is CCCOCCn1c(=O)c(NCCN[C@H](CC)CO)nc2ncc(-c3ccc(OC)nc3)cc21. The fourth-order valence-electron chi connectivity index (χ4n) is 3.49. The lowest BCUT2D eigenvalue weighted by molar-refractivity contribution is 0.127. The van der Waals surface area contributed by atoms with Gasteiger partial charge in [-0.1, -0.05) is 13.8 Å². The first-order chi connectivity index (χ1) is 16.6. The molecule has 184 valence electrons. The molecule has 3 aromatic heterocycles. The molecular weight excluding hydrogens is 436 g/mol. The van der Waals surface area contributed by atoms with Crippen LogP contribution in [0.15, 0.2) is 35.4 Å². The Morgan fingerprint density at radius 2 is 1.94 bits per heavy atom. The molecule has 0 radical (unpaired) electrons. The van der Waals surface area contributed by atoms with E-state index in [4.69, 9.17) is 9.47 Å². The highest BCUT2D eigenvalue weighted by atomic mass is 16.5. The summed E-state index contributed by atoms with van der Waals surface area (Å²) in [5.41, 5.74) is 2.56. The summed E-state index contributed by atoms with van der Waals surface area (Å²) in [5.74, 6) is 0.770. The molecule has 0 bridgehead atoms. The Balaban J connectivity index is 1.89. The zero-order valence-electron chi connectivity index (χ0n) is 20.1. The maximum atomic E-state index is 13.3. The van der Waals surface area contributed by atoms with E-state index in [9.17, 15) is 9.90 Å². The van der Waals surface area contributed by atoms with E-state index in [1.54, 1.807) is 30.1 Å². The van der Waals surface area contributed by atoms with Crippen molar-refractivity contribution in [1.82, 2.24) is 24.8 Å². The average Bonchev–Trinajstić information content (AvgIpc) is 2.88. The van der Waals surface area contributed by atoms with Gasteiger partial charge in [-0.05, 0) is 25.0 Å². The van der Waals surface area contributed by atoms with Crippen molar-refractivity contribution in [3.8, 4) is 17.0 Å². The van der Waals surface area contributed by atoms with Gasteiger partial charge in [-0.3, -0.25) is 9.36 Å². The Morgan fingerprint density at radius 3 is 2.62 bits per heavy atom. The van der Waals surface area contributed by atoms with Crippen LogP contribution in [-0.4, -0.2) is 70.7 Å². The molecule has 3 aromatic rings. The molecule has 3 rings (SSSR count). The summed E-state index contributed by atoms with van der Waals surface area (Å²) in [4.78, 5) is 26.6. The molecule has 0 aliphatic carbocycles. The number of fused-ring (bicyclic) bond motifs is 1. The van der Waals surface area contributed by atoms with Gasteiger partial charge in [0, 0.05) is 61.9 Å². The molecule has 0 spiro atoms. The lowest BCUT2D eigenvalue weighted by atomic mass is 10.1. The third-order valence-electron chi connectivity index (χ3n) is 5.45. The molecule has 0 saturated carbocycles. The summed E-state index contributed by atoms with van der Waals surface area (Å²) in [6.07, 6.45) is 5.17. The molecule has 10 heteroatoms. The highest BCUT2D eigenvalue weighted by Gasteiger charge is 2.14. The van der Waals surface area contributed by atoms with Crippen molar-refractivity contribution in [1.29, 1.82) is 0 Å². The number of nitrogens with one attached hydrogen (secondary N) is 2. The number of aliphatic hydroxyl groups is 1. The van der Waals surface area contributed by atoms with E-state index in [0.717, 1.165) is 24.0 Å². The minimum Gasteiger partial charge on any atom is -0.481 e. The quantitative estimate of drug-likeness (QED) is 0.304. The summed E-state index contributed by atoms with van der Waals surface area (Å²) in [5, 5.41) is 15.7. The summed E-state index contributed by atoms with van der Waals surface area (Å²) < 4.78 is 12.4. The second kappa shape index (κ2) is 13.0. The molecule has 0 saturated heterocycles. The molecule has 0 fully saturated rings. The highest BCUT2D eigenvalue weighted by Crippen LogP contribution is 2.23. The predicted molar refractivity (Wildman–Crippen MR) is 132 cm³/mol. The van der Waals surface area contributed by atoms with E-state index < -0.39 is 0 Å². The van der Waals surface area contributed by atoms with Crippen LogP contribution in [0.1, 0.15) is 26.7 Å². The van der Waals surface area contributed by atoms with Gasteiger partial charge in [-0.25, -0.2) is 15.0 Å². The van der Waals surface area contributed by atoms with E-state index in [0.29, 0.717) is 49.9 Å². The lowest BCUT2D eigenvalue weighted by Gasteiger charge is -2.16. The third kappa shape index (κ3) is 6.49. The normalized spacial score (nSPS) is 12.1. The topological polar surface area (TPSA) is 123 Å². The minimum absolute atomic E-state index is 0.0336. The summed E-state index contributed by atoms with van der Waals surface area (Å²) in [7, 11) is 1.57. The fourth-order valence-corrected chi connectivity index (χ4v) is 3.49. The van der Waals surface area contributed by atoms with Gasteiger partial charge in [0.2, 0.25) is 5.88 Å². The first-order valence-corrected chi connectivity index (χ1v) is 11.7. The molecule has 3 N–H and O–H groups in total. The lowest BCUT2D eigenvalue weighted by Crippen LogP contribution is -2.36. The van der Waals surface area contributed by atoms with E-state index in [1.165, 1.54) is 0 Å². The van der Waals surface area contributed by atoms with Gasteiger partial charge in [-0.2, -0.15) is 0 Å². The van der Waals surface area contributed by atoms with Gasteiger partial charge in [0.05, 0.1) is 25.8 Å². The molecule has 0 amide bonds.